The molecule has 0 radical (unpaired) electrons. The fourth-order valence-corrected chi connectivity index (χ4v) is 4.23. The fourth-order valence-electron chi connectivity index (χ4n) is 3.29. The van der Waals surface area contributed by atoms with Crippen LogP contribution in [0.5, 0.6) is 0 Å². The summed E-state index contributed by atoms with van der Waals surface area (Å²) in [6.45, 7) is 1.76. The van der Waals surface area contributed by atoms with Crippen LogP contribution in [0.2, 0.25) is 0 Å². The third kappa shape index (κ3) is 2.54. The standard InChI is InChI=1S/C14H21N3OS/c1-15-12-13-11(16-9-19-13)6-7-17(14(12)18)8-10-4-2-3-5-10/h9-10,12,15H,2-8H2,1H3. The number of nitrogens with one attached hydrogen (secondary N) is 1. The molecular formula is C14H21N3OS. The first-order valence-corrected chi connectivity index (χ1v) is 8.06. The Balaban J connectivity index is 1.77. The van der Waals surface area contributed by atoms with Crippen LogP contribution in [0.4, 0.5) is 0 Å². The van der Waals surface area contributed by atoms with Crippen LogP contribution >= 0.6 is 11.3 Å². The number of rotatable bonds is 3. The molecular weight excluding hydrogens is 258 g/mol. The van der Waals surface area contributed by atoms with Gasteiger partial charge in [-0.15, -0.1) is 11.3 Å². The minimum atomic E-state index is -0.189. The quantitative estimate of drug-likeness (QED) is 0.920. The van der Waals surface area contributed by atoms with Gasteiger partial charge in [0, 0.05) is 19.5 Å². The van der Waals surface area contributed by atoms with Crippen LogP contribution in [0.1, 0.15) is 42.3 Å². The van der Waals surface area contributed by atoms with E-state index in [4.69, 9.17) is 0 Å². The molecule has 0 spiro atoms. The van der Waals surface area contributed by atoms with E-state index in [-0.39, 0.29) is 11.9 Å². The number of likely N-dealkylation sites (N-methyl/N-ethyl adjacent to an activating group) is 1. The third-order valence-corrected chi connectivity index (χ3v) is 5.29. The Bertz CT molecular complexity index is 453. The van der Waals surface area contributed by atoms with E-state index in [2.05, 4.69) is 15.2 Å². The van der Waals surface area contributed by atoms with E-state index in [1.165, 1.54) is 25.7 Å². The SMILES string of the molecule is CNC1C(=O)N(CC2CCCC2)CCc2ncsc21. The number of carbonyl (C=O) groups excluding carboxylic acids is 1. The number of nitrogens with zero attached hydrogens (tertiary/aromatic N) is 2. The lowest BCUT2D eigenvalue weighted by molar-refractivity contribution is -0.133. The first kappa shape index (κ1) is 13.1. The molecule has 2 heterocycles. The first-order chi connectivity index (χ1) is 9.29. The summed E-state index contributed by atoms with van der Waals surface area (Å²) >= 11 is 1.60. The fraction of sp³-hybridized carbons (Fsp3) is 0.714. The van der Waals surface area contributed by atoms with Gasteiger partial charge in [0.2, 0.25) is 5.91 Å². The molecule has 1 aromatic heterocycles. The van der Waals surface area contributed by atoms with Crippen molar-refractivity contribution < 1.29 is 4.79 Å². The Morgan fingerprint density at radius 2 is 2.26 bits per heavy atom. The zero-order valence-corrected chi connectivity index (χ0v) is 12.2. The highest BCUT2D eigenvalue weighted by molar-refractivity contribution is 7.10. The van der Waals surface area contributed by atoms with Crippen molar-refractivity contribution >= 4 is 17.2 Å². The van der Waals surface area contributed by atoms with E-state index >= 15 is 0 Å². The second-order valence-corrected chi connectivity index (χ2v) is 6.46. The molecule has 1 fully saturated rings. The van der Waals surface area contributed by atoms with Crippen LogP contribution in [0, 0.1) is 5.92 Å². The monoisotopic (exact) mass is 279 g/mol. The molecule has 1 atom stereocenters. The van der Waals surface area contributed by atoms with Gasteiger partial charge in [-0.2, -0.15) is 0 Å². The van der Waals surface area contributed by atoms with Gasteiger partial charge in [-0.25, -0.2) is 4.98 Å². The molecule has 0 bridgehead atoms. The number of fused-ring (bicyclic) bond motifs is 1. The molecule has 4 nitrogen and oxygen atoms in total. The van der Waals surface area contributed by atoms with E-state index in [0.29, 0.717) is 5.92 Å². The zero-order valence-electron chi connectivity index (χ0n) is 11.4. The highest BCUT2D eigenvalue weighted by Crippen LogP contribution is 2.30. The Kier molecular flexibility index (Phi) is 3.84. The van der Waals surface area contributed by atoms with Crippen LogP contribution in [-0.2, 0) is 11.2 Å². The van der Waals surface area contributed by atoms with E-state index in [9.17, 15) is 4.79 Å². The van der Waals surface area contributed by atoms with Crippen LogP contribution in [0.3, 0.4) is 0 Å². The topological polar surface area (TPSA) is 45.2 Å². The predicted molar refractivity (Wildman–Crippen MR) is 76.2 cm³/mol. The second-order valence-electron chi connectivity index (χ2n) is 5.57. The van der Waals surface area contributed by atoms with E-state index in [1.54, 1.807) is 11.3 Å². The van der Waals surface area contributed by atoms with Crippen molar-refractivity contribution in [3.05, 3.63) is 16.1 Å². The van der Waals surface area contributed by atoms with Gasteiger partial charge in [-0.3, -0.25) is 4.79 Å². The molecule has 2 aliphatic rings. The van der Waals surface area contributed by atoms with Crippen molar-refractivity contribution in [2.24, 2.45) is 5.92 Å². The average molecular weight is 279 g/mol. The minimum absolute atomic E-state index is 0.189. The number of carbonyl (C=O) groups is 1. The Morgan fingerprint density at radius 1 is 1.47 bits per heavy atom. The normalized spacial score (nSPS) is 24.6. The number of hydrogen-bond acceptors (Lipinski definition) is 4. The molecule has 0 saturated heterocycles. The van der Waals surface area contributed by atoms with E-state index in [0.717, 1.165) is 30.1 Å². The lowest BCUT2D eigenvalue weighted by atomic mass is 10.1. The molecule has 3 rings (SSSR count). The molecule has 1 aliphatic carbocycles. The first-order valence-electron chi connectivity index (χ1n) is 7.18. The molecule has 1 N–H and O–H groups in total. The Hall–Kier alpha value is -0.940. The van der Waals surface area contributed by atoms with Crippen molar-refractivity contribution in [3.8, 4) is 0 Å². The van der Waals surface area contributed by atoms with Gasteiger partial charge in [-0.05, 0) is 25.8 Å². The maximum absolute atomic E-state index is 12.7. The Labute approximate surface area is 118 Å². The summed E-state index contributed by atoms with van der Waals surface area (Å²) < 4.78 is 0. The maximum Gasteiger partial charge on any atom is 0.245 e. The lowest BCUT2D eigenvalue weighted by Gasteiger charge is -2.26. The van der Waals surface area contributed by atoms with Gasteiger partial charge in [0.15, 0.2) is 0 Å². The molecule has 1 amide bonds. The number of hydrogen-bond donors (Lipinski definition) is 1. The lowest BCUT2D eigenvalue weighted by Crippen LogP contribution is -2.41. The molecule has 1 aromatic rings. The van der Waals surface area contributed by atoms with Gasteiger partial charge >= 0.3 is 0 Å². The van der Waals surface area contributed by atoms with E-state index in [1.807, 2.05) is 12.6 Å². The van der Waals surface area contributed by atoms with Gasteiger partial charge in [-0.1, -0.05) is 12.8 Å². The van der Waals surface area contributed by atoms with Crippen molar-refractivity contribution in [2.45, 2.75) is 38.1 Å². The second kappa shape index (κ2) is 5.59. The summed E-state index contributed by atoms with van der Waals surface area (Å²) in [5, 5.41) is 3.17. The van der Waals surface area contributed by atoms with Crippen molar-refractivity contribution in [2.75, 3.05) is 20.1 Å². The number of thiazole rings is 1. The molecule has 19 heavy (non-hydrogen) atoms. The van der Waals surface area contributed by atoms with Crippen LogP contribution in [0.15, 0.2) is 5.51 Å². The molecule has 1 aliphatic heterocycles. The van der Waals surface area contributed by atoms with Crippen molar-refractivity contribution in [1.82, 2.24) is 15.2 Å². The molecule has 1 unspecified atom stereocenters. The highest BCUT2D eigenvalue weighted by atomic mass is 32.1. The largest absolute Gasteiger partial charge is 0.340 e. The summed E-state index contributed by atoms with van der Waals surface area (Å²) in [7, 11) is 1.87. The number of aromatic nitrogens is 1. The Morgan fingerprint density at radius 3 is 3.00 bits per heavy atom. The summed E-state index contributed by atoms with van der Waals surface area (Å²) in [5.74, 6) is 0.947. The minimum Gasteiger partial charge on any atom is -0.340 e. The summed E-state index contributed by atoms with van der Waals surface area (Å²) in [6, 6.07) is -0.189. The average Bonchev–Trinajstić information content (AvgIpc) is 3.04. The van der Waals surface area contributed by atoms with Crippen LogP contribution in [0.25, 0.3) is 0 Å². The van der Waals surface area contributed by atoms with Gasteiger partial charge < -0.3 is 10.2 Å². The maximum atomic E-state index is 12.7. The summed E-state index contributed by atoms with van der Waals surface area (Å²) in [4.78, 5) is 20.3. The van der Waals surface area contributed by atoms with E-state index < -0.39 is 0 Å². The number of amides is 1. The summed E-state index contributed by atoms with van der Waals surface area (Å²) in [6.07, 6.45) is 6.13. The molecule has 0 aromatic carbocycles. The van der Waals surface area contributed by atoms with Gasteiger partial charge in [0.1, 0.15) is 6.04 Å². The van der Waals surface area contributed by atoms with Crippen molar-refractivity contribution in [1.29, 1.82) is 0 Å². The third-order valence-electron chi connectivity index (χ3n) is 4.35. The highest BCUT2D eigenvalue weighted by Gasteiger charge is 2.32. The predicted octanol–water partition coefficient (Wildman–Crippen LogP) is 1.98. The molecule has 1 saturated carbocycles. The van der Waals surface area contributed by atoms with Crippen LogP contribution < -0.4 is 5.32 Å². The molecule has 5 heteroatoms. The van der Waals surface area contributed by atoms with Gasteiger partial charge in [0.25, 0.3) is 0 Å². The summed E-state index contributed by atoms with van der Waals surface area (Å²) in [5.41, 5.74) is 2.96. The molecule has 104 valence electrons. The van der Waals surface area contributed by atoms with Gasteiger partial charge in [0.05, 0.1) is 16.1 Å². The van der Waals surface area contributed by atoms with Crippen LogP contribution in [-0.4, -0.2) is 35.9 Å². The smallest absolute Gasteiger partial charge is 0.245 e. The zero-order chi connectivity index (χ0) is 13.2. The van der Waals surface area contributed by atoms with Crippen molar-refractivity contribution in [3.63, 3.8) is 0 Å².